The Bertz CT molecular complexity index is 666. The summed E-state index contributed by atoms with van der Waals surface area (Å²) in [5, 5.41) is 3.31. The van der Waals surface area contributed by atoms with Crippen molar-refractivity contribution in [2.45, 2.75) is 19.4 Å². The second kappa shape index (κ2) is 5.68. The molecule has 0 aromatic carbocycles. The normalized spacial score (nSPS) is 13.8. The number of pyridine rings is 1. The second-order valence-corrected chi connectivity index (χ2v) is 5.14. The zero-order chi connectivity index (χ0) is 13.9. The van der Waals surface area contributed by atoms with Crippen molar-refractivity contribution in [2.75, 3.05) is 13.7 Å². The van der Waals surface area contributed by atoms with Crippen molar-refractivity contribution >= 4 is 12.2 Å². The molecule has 1 aliphatic rings. The molecule has 0 saturated heterocycles. The van der Waals surface area contributed by atoms with E-state index in [1.165, 1.54) is 5.69 Å². The maximum absolute atomic E-state index is 5.38. The van der Waals surface area contributed by atoms with E-state index in [1.54, 1.807) is 13.3 Å². The van der Waals surface area contributed by atoms with E-state index >= 15 is 0 Å². The molecule has 0 amide bonds. The molecule has 0 bridgehead atoms. The van der Waals surface area contributed by atoms with Crippen molar-refractivity contribution in [3.05, 3.63) is 45.6 Å². The molecule has 0 radical (unpaired) electrons. The van der Waals surface area contributed by atoms with Crippen LogP contribution in [-0.2, 0) is 19.4 Å². The first-order valence-electron chi connectivity index (χ1n) is 6.57. The van der Waals surface area contributed by atoms with Crippen LogP contribution in [0.15, 0.2) is 18.3 Å². The predicted molar refractivity (Wildman–Crippen MR) is 78.4 cm³/mol. The number of fused-ring (bicyclic) bond motifs is 1. The van der Waals surface area contributed by atoms with E-state index in [2.05, 4.69) is 20.3 Å². The summed E-state index contributed by atoms with van der Waals surface area (Å²) in [7, 11) is 1.61. The summed E-state index contributed by atoms with van der Waals surface area (Å²) in [5.74, 6) is 1.51. The molecule has 2 aromatic heterocycles. The smallest absolute Gasteiger partial charge is 0.212 e. The molecule has 2 N–H and O–H groups in total. The topological polar surface area (TPSA) is 62.8 Å². The molecule has 5 nitrogen and oxygen atoms in total. The Balaban J connectivity index is 1.87. The Kier molecular flexibility index (Phi) is 3.75. The third-order valence-electron chi connectivity index (χ3n) is 3.39. The molecule has 6 heteroatoms. The van der Waals surface area contributed by atoms with Gasteiger partial charge in [-0.25, -0.2) is 9.97 Å². The fourth-order valence-corrected chi connectivity index (χ4v) is 2.64. The number of hydrogen-bond acceptors (Lipinski definition) is 5. The van der Waals surface area contributed by atoms with Crippen LogP contribution in [-0.4, -0.2) is 28.6 Å². The van der Waals surface area contributed by atoms with Gasteiger partial charge in [-0.05, 0) is 5.56 Å². The van der Waals surface area contributed by atoms with Crippen molar-refractivity contribution < 1.29 is 4.74 Å². The van der Waals surface area contributed by atoms with Gasteiger partial charge in [0.15, 0.2) is 0 Å². The molecule has 3 heterocycles. The van der Waals surface area contributed by atoms with Gasteiger partial charge in [-0.3, -0.25) is 0 Å². The minimum absolute atomic E-state index is 0.617. The van der Waals surface area contributed by atoms with Gasteiger partial charge in [0.25, 0.3) is 0 Å². The standard InChI is InChI=1S/C14H16N4OS/c1-19-13-3-2-9(7-16-13)6-12-17-11-4-5-15-8-10(11)14(20)18-12/h2-3,7,15H,4-6,8H2,1H3,(H,17,18,20). The fourth-order valence-electron chi connectivity index (χ4n) is 2.33. The first-order valence-corrected chi connectivity index (χ1v) is 6.97. The van der Waals surface area contributed by atoms with Gasteiger partial charge < -0.3 is 15.0 Å². The predicted octanol–water partition coefficient (Wildman–Crippen LogP) is 1.78. The van der Waals surface area contributed by atoms with Crippen LogP contribution in [0.1, 0.15) is 22.6 Å². The number of nitrogens with zero attached hydrogens (tertiary/aromatic N) is 2. The highest BCUT2D eigenvalue weighted by Gasteiger charge is 2.13. The largest absolute Gasteiger partial charge is 0.481 e. The SMILES string of the molecule is COc1ccc(Cc2nc(=S)c3c([nH]2)CCNC3)cn1. The first kappa shape index (κ1) is 13.2. The Labute approximate surface area is 122 Å². The molecule has 1 aliphatic heterocycles. The number of ether oxygens (including phenoxy) is 1. The van der Waals surface area contributed by atoms with E-state index in [4.69, 9.17) is 17.0 Å². The van der Waals surface area contributed by atoms with Crippen molar-refractivity contribution in [2.24, 2.45) is 0 Å². The molecule has 0 saturated carbocycles. The molecule has 104 valence electrons. The number of nitrogens with one attached hydrogen (secondary N) is 2. The quantitative estimate of drug-likeness (QED) is 0.843. The van der Waals surface area contributed by atoms with Gasteiger partial charge in [0.1, 0.15) is 10.5 Å². The van der Waals surface area contributed by atoms with Crippen molar-refractivity contribution in [3.8, 4) is 5.88 Å². The molecule has 3 rings (SSSR count). The zero-order valence-corrected chi connectivity index (χ0v) is 12.1. The molecule has 0 spiro atoms. The maximum Gasteiger partial charge on any atom is 0.212 e. The summed E-state index contributed by atoms with van der Waals surface area (Å²) in [5.41, 5.74) is 3.42. The highest BCUT2D eigenvalue weighted by molar-refractivity contribution is 7.71. The van der Waals surface area contributed by atoms with Crippen molar-refractivity contribution in [3.63, 3.8) is 0 Å². The van der Waals surface area contributed by atoms with E-state index in [-0.39, 0.29) is 0 Å². The molecule has 0 fully saturated rings. The van der Waals surface area contributed by atoms with Crippen molar-refractivity contribution in [1.82, 2.24) is 20.3 Å². The number of H-pyrrole nitrogens is 1. The summed E-state index contributed by atoms with van der Waals surface area (Å²) in [6.45, 7) is 1.79. The van der Waals surface area contributed by atoms with Gasteiger partial charge in [-0.15, -0.1) is 0 Å². The third-order valence-corrected chi connectivity index (χ3v) is 3.72. The lowest BCUT2D eigenvalue weighted by Gasteiger charge is -2.17. The van der Waals surface area contributed by atoms with Crippen LogP contribution < -0.4 is 10.1 Å². The van der Waals surface area contributed by atoms with Crippen LogP contribution in [0.4, 0.5) is 0 Å². The van der Waals surface area contributed by atoms with E-state index < -0.39 is 0 Å². The highest BCUT2D eigenvalue weighted by atomic mass is 32.1. The minimum atomic E-state index is 0.617. The van der Waals surface area contributed by atoms with Gasteiger partial charge in [0, 0.05) is 49.5 Å². The van der Waals surface area contributed by atoms with Gasteiger partial charge in [0.05, 0.1) is 7.11 Å². The minimum Gasteiger partial charge on any atom is -0.481 e. The monoisotopic (exact) mass is 288 g/mol. The van der Waals surface area contributed by atoms with Crippen LogP contribution >= 0.6 is 12.2 Å². The van der Waals surface area contributed by atoms with Crippen molar-refractivity contribution in [1.29, 1.82) is 0 Å². The van der Waals surface area contributed by atoms with E-state index in [0.717, 1.165) is 36.5 Å². The lowest BCUT2D eigenvalue weighted by molar-refractivity contribution is 0.397. The molecular weight excluding hydrogens is 272 g/mol. The van der Waals surface area contributed by atoms with Crippen LogP contribution in [0.5, 0.6) is 5.88 Å². The van der Waals surface area contributed by atoms with Gasteiger partial charge >= 0.3 is 0 Å². The Morgan fingerprint density at radius 1 is 1.40 bits per heavy atom. The van der Waals surface area contributed by atoms with E-state index in [9.17, 15) is 0 Å². The summed E-state index contributed by atoms with van der Waals surface area (Å²) in [6, 6.07) is 3.84. The summed E-state index contributed by atoms with van der Waals surface area (Å²) < 4.78 is 5.75. The Morgan fingerprint density at radius 3 is 3.05 bits per heavy atom. The summed E-state index contributed by atoms with van der Waals surface area (Å²) >= 11 is 5.38. The van der Waals surface area contributed by atoms with Crippen LogP contribution in [0.2, 0.25) is 0 Å². The molecular formula is C14H16N4OS. The Morgan fingerprint density at radius 2 is 2.30 bits per heavy atom. The number of methoxy groups -OCH3 is 1. The van der Waals surface area contributed by atoms with E-state index in [0.29, 0.717) is 16.9 Å². The number of aromatic nitrogens is 3. The molecule has 2 aromatic rings. The fraction of sp³-hybridized carbons (Fsp3) is 0.357. The average Bonchev–Trinajstić information content (AvgIpc) is 2.48. The lowest BCUT2D eigenvalue weighted by atomic mass is 10.1. The zero-order valence-electron chi connectivity index (χ0n) is 11.3. The second-order valence-electron chi connectivity index (χ2n) is 4.76. The number of aromatic amines is 1. The maximum atomic E-state index is 5.38. The van der Waals surface area contributed by atoms with Gasteiger partial charge in [-0.1, -0.05) is 18.3 Å². The first-order chi connectivity index (χ1) is 9.76. The molecule has 0 aliphatic carbocycles. The number of rotatable bonds is 3. The van der Waals surface area contributed by atoms with E-state index in [1.807, 2.05) is 12.1 Å². The summed E-state index contributed by atoms with van der Waals surface area (Å²) in [4.78, 5) is 12.1. The molecule has 20 heavy (non-hydrogen) atoms. The highest BCUT2D eigenvalue weighted by Crippen LogP contribution is 2.15. The van der Waals surface area contributed by atoms with Gasteiger partial charge in [0.2, 0.25) is 5.88 Å². The van der Waals surface area contributed by atoms with Gasteiger partial charge in [-0.2, -0.15) is 0 Å². The lowest BCUT2D eigenvalue weighted by Crippen LogP contribution is -2.26. The Hall–Kier alpha value is -1.79. The molecule has 0 unspecified atom stereocenters. The number of hydrogen-bond donors (Lipinski definition) is 2. The summed E-state index contributed by atoms with van der Waals surface area (Å²) in [6.07, 6.45) is 3.47. The van der Waals surface area contributed by atoms with Crippen LogP contribution in [0.3, 0.4) is 0 Å². The van der Waals surface area contributed by atoms with Crippen LogP contribution in [0.25, 0.3) is 0 Å². The van der Waals surface area contributed by atoms with Crippen LogP contribution in [0, 0.1) is 4.64 Å². The average molecular weight is 288 g/mol. The third kappa shape index (κ3) is 2.71. The molecule has 0 atom stereocenters.